The summed E-state index contributed by atoms with van der Waals surface area (Å²) < 4.78 is 17.6. The van der Waals surface area contributed by atoms with Crippen LogP contribution in [0.5, 0.6) is 11.6 Å². The summed E-state index contributed by atoms with van der Waals surface area (Å²) in [6.07, 6.45) is 5.24. The van der Waals surface area contributed by atoms with Crippen LogP contribution >= 0.6 is 11.6 Å². The van der Waals surface area contributed by atoms with Gasteiger partial charge in [-0.2, -0.15) is 0 Å². The Kier molecular flexibility index (Phi) is 6.52. The normalized spacial score (nSPS) is 10.5. The van der Waals surface area contributed by atoms with Gasteiger partial charge in [0.25, 0.3) is 5.91 Å². The van der Waals surface area contributed by atoms with E-state index in [0.29, 0.717) is 41.1 Å². The Morgan fingerprint density at radius 3 is 2.61 bits per heavy atom. The highest BCUT2D eigenvalue weighted by molar-refractivity contribution is 6.33. The molecule has 0 saturated carbocycles. The van der Waals surface area contributed by atoms with Crippen molar-refractivity contribution >= 4 is 23.2 Å². The average Bonchev–Trinajstić information content (AvgIpc) is 3.24. The van der Waals surface area contributed by atoms with Gasteiger partial charge < -0.3 is 24.1 Å². The minimum absolute atomic E-state index is 0.323. The maximum Gasteiger partial charge on any atom is 0.259 e. The van der Waals surface area contributed by atoms with Crippen LogP contribution in [-0.4, -0.2) is 42.9 Å². The fourth-order valence-corrected chi connectivity index (χ4v) is 2.81. The molecule has 7 nitrogen and oxygen atoms in total. The Bertz CT molecular complexity index is 927. The average molecular weight is 402 g/mol. The van der Waals surface area contributed by atoms with Crippen LogP contribution in [0.25, 0.3) is 5.69 Å². The molecule has 0 saturated heterocycles. The second-order valence-electron chi connectivity index (χ2n) is 5.77. The molecule has 0 radical (unpaired) electrons. The van der Waals surface area contributed by atoms with Gasteiger partial charge in [0.15, 0.2) is 0 Å². The highest BCUT2D eigenvalue weighted by Gasteiger charge is 2.17. The van der Waals surface area contributed by atoms with E-state index >= 15 is 0 Å². The molecular weight excluding hydrogens is 382 g/mol. The zero-order valence-electron chi connectivity index (χ0n) is 15.5. The number of amides is 1. The number of nitrogens with one attached hydrogen (secondary N) is 1. The van der Waals surface area contributed by atoms with E-state index in [-0.39, 0.29) is 5.91 Å². The van der Waals surface area contributed by atoms with E-state index in [1.807, 2.05) is 29.1 Å². The Labute approximate surface area is 167 Å². The summed E-state index contributed by atoms with van der Waals surface area (Å²) in [6, 6.07) is 10.5. The number of aromatic nitrogens is 2. The molecule has 3 aromatic rings. The number of pyridine rings is 1. The summed E-state index contributed by atoms with van der Waals surface area (Å²) in [5.74, 6) is 0.512. The van der Waals surface area contributed by atoms with Crippen molar-refractivity contribution in [1.29, 1.82) is 0 Å². The van der Waals surface area contributed by atoms with Crippen molar-refractivity contribution in [2.45, 2.75) is 0 Å². The Hall–Kier alpha value is -3.03. The Balaban J connectivity index is 1.76. The topological polar surface area (TPSA) is 74.6 Å². The maximum absolute atomic E-state index is 12.7. The largest absolute Gasteiger partial charge is 0.496 e. The van der Waals surface area contributed by atoms with Gasteiger partial charge in [0.1, 0.15) is 12.4 Å². The third-order valence-electron chi connectivity index (χ3n) is 3.93. The van der Waals surface area contributed by atoms with Crippen LogP contribution in [0.2, 0.25) is 5.02 Å². The van der Waals surface area contributed by atoms with Gasteiger partial charge in [-0.1, -0.05) is 11.6 Å². The summed E-state index contributed by atoms with van der Waals surface area (Å²) in [6.45, 7) is 0.873. The SMILES string of the molecule is COCCOc1ccc(NC(=O)c2cc(Cl)c(-n3cccc3)cc2OC)cn1. The molecule has 1 N–H and O–H groups in total. The first kappa shape index (κ1) is 19.7. The summed E-state index contributed by atoms with van der Waals surface area (Å²) in [4.78, 5) is 16.9. The predicted octanol–water partition coefficient (Wildman–Crippen LogP) is 3.81. The fourth-order valence-electron chi connectivity index (χ4n) is 2.55. The molecule has 2 heterocycles. The van der Waals surface area contributed by atoms with E-state index in [1.54, 1.807) is 31.4 Å². The molecule has 2 aromatic heterocycles. The number of benzene rings is 1. The van der Waals surface area contributed by atoms with Crippen molar-refractivity contribution in [2.24, 2.45) is 0 Å². The number of rotatable bonds is 8. The van der Waals surface area contributed by atoms with Gasteiger partial charge in [-0.25, -0.2) is 4.98 Å². The van der Waals surface area contributed by atoms with Crippen LogP contribution in [0.4, 0.5) is 5.69 Å². The van der Waals surface area contributed by atoms with Gasteiger partial charge in [0.05, 0.1) is 41.9 Å². The predicted molar refractivity (Wildman–Crippen MR) is 107 cm³/mol. The van der Waals surface area contributed by atoms with E-state index in [4.69, 9.17) is 25.8 Å². The summed E-state index contributed by atoms with van der Waals surface area (Å²) in [7, 11) is 3.11. The third-order valence-corrected chi connectivity index (χ3v) is 4.23. The van der Waals surface area contributed by atoms with Crippen molar-refractivity contribution in [3.63, 3.8) is 0 Å². The highest BCUT2D eigenvalue weighted by atomic mass is 35.5. The van der Waals surface area contributed by atoms with Gasteiger partial charge in [-0.05, 0) is 24.3 Å². The van der Waals surface area contributed by atoms with E-state index in [2.05, 4.69) is 10.3 Å². The molecule has 1 amide bonds. The van der Waals surface area contributed by atoms with Gasteiger partial charge in [0, 0.05) is 31.6 Å². The number of methoxy groups -OCH3 is 2. The first-order chi connectivity index (χ1) is 13.6. The number of hydrogen-bond acceptors (Lipinski definition) is 5. The van der Waals surface area contributed by atoms with Crippen LogP contribution in [0.3, 0.4) is 0 Å². The summed E-state index contributed by atoms with van der Waals surface area (Å²) in [5, 5.41) is 3.21. The fraction of sp³-hybridized carbons (Fsp3) is 0.200. The quantitative estimate of drug-likeness (QED) is 0.581. The monoisotopic (exact) mass is 401 g/mol. The third kappa shape index (κ3) is 4.62. The summed E-state index contributed by atoms with van der Waals surface area (Å²) >= 11 is 6.38. The van der Waals surface area contributed by atoms with Crippen molar-refractivity contribution < 1.29 is 19.0 Å². The van der Waals surface area contributed by atoms with Crippen LogP contribution in [0, 0.1) is 0 Å². The first-order valence-corrected chi connectivity index (χ1v) is 8.90. The molecule has 146 valence electrons. The van der Waals surface area contributed by atoms with E-state index in [1.165, 1.54) is 13.3 Å². The molecule has 0 aliphatic rings. The van der Waals surface area contributed by atoms with Crippen LogP contribution in [-0.2, 0) is 4.74 Å². The number of nitrogens with zero attached hydrogens (tertiary/aromatic N) is 2. The second-order valence-corrected chi connectivity index (χ2v) is 6.18. The van der Waals surface area contributed by atoms with Gasteiger partial charge in [-0.3, -0.25) is 4.79 Å². The molecule has 0 unspecified atom stereocenters. The lowest BCUT2D eigenvalue weighted by Gasteiger charge is -2.14. The van der Waals surface area contributed by atoms with E-state index in [9.17, 15) is 4.79 Å². The van der Waals surface area contributed by atoms with E-state index < -0.39 is 0 Å². The molecule has 28 heavy (non-hydrogen) atoms. The standard InChI is InChI=1S/C20H20ClN3O4/c1-26-9-10-28-19-6-5-14(13-22-19)23-20(25)15-11-16(21)17(12-18(15)27-2)24-7-3-4-8-24/h3-8,11-13H,9-10H2,1-2H3,(H,23,25). The molecule has 0 bridgehead atoms. The Morgan fingerprint density at radius 1 is 1.18 bits per heavy atom. The van der Waals surface area contributed by atoms with Crippen LogP contribution in [0.1, 0.15) is 10.4 Å². The van der Waals surface area contributed by atoms with Crippen LogP contribution < -0.4 is 14.8 Å². The lowest BCUT2D eigenvalue weighted by molar-refractivity contribution is 0.102. The van der Waals surface area contributed by atoms with Crippen LogP contribution in [0.15, 0.2) is 55.0 Å². The minimum Gasteiger partial charge on any atom is -0.496 e. The molecule has 3 rings (SSSR count). The molecule has 1 aromatic carbocycles. The molecule has 0 fully saturated rings. The smallest absolute Gasteiger partial charge is 0.259 e. The lowest BCUT2D eigenvalue weighted by Crippen LogP contribution is -2.14. The maximum atomic E-state index is 12.7. The molecule has 0 atom stereocenters. The number of anilines is 1. The lowest BCUT2D eigenvalue weighted by atomic mass is 10.1. The molecule has 0 aliphatic carbocycles. The highest BCUT2D eigenvalue weighted by Crippen LogP contribution is 2.30. The molecule has 0 aliphatic heterocycles. The molecule has 0 spiro atoms. The van der Waals surface area contributed by atoms with Crippen molar-refractivity contribution in [3.8, 4) is 17.3 Å². The zero-order chi connectivity index (χ0) is 19.9. The number of ether oxygens (including phenoxy) is 3. The van der Waals surface area contributed by atoms with Crippen molar-refractivity contribution in [1.82, 2.24) is 9.55 Å². The number of carbonyl (C=O) groups excluding carboxylic acids is 1. The Morgan fingerprint density at radius 2 is 1.96 bits per heavy atom. The number of halogens is 1. The second kappa shape index (κ2) is 9.25. The van der Waals surface area contributed by atoms with Gasteiger partial charge >= 0.3 is 0 Å². The first-order valence-electron chi connectivity index (χ1n) is 8.52. The summed E-state index contributed by atoms with van der Waals surface area (Å²) in [5.41, 5.74) is 1.57. The van der Waals surface area contributed by atoms with E-state index in [0.717, 1.165) is 5.69 Å². The van der Waals surface area contributed by atoms with Crippen molar-refractivity contribution in [3.05, 3.63) is 65.6 Å². The van der Waals surface area contributed by atoms with Gasteiger partial charge in [-0.15, -0.1) is 0 Å². The number of hydrogen-bond donors (Lipinski definition) is 1. The zero-order valence-corrected chi connectivity index (χ0v) is 16.3. The van der Waals surface area contributed by atoms with Gasteiger partial charge in [0.2, 0.25) is 5.88 Å². The molecular formula is C20H20ClN3O4. The number of carbonyl (C=O) groups is 1. The minimum atomic E-state index is -0.354. The molecule has 8 heteroatoms. The van der Waals surface area contributed by atoms with Crippen molar-refractivity contribution in [2.75, 3.05) is 32.8 Å².